The molecule has 0 spiro atoms. The fraction of sp³-hybridized carbons (Fsp3) is 0.333. The molecule has 1 heteroatoms. The van der Waals surface area contributed by atoms with Gasteiger partial charge in [0.2, 0.25) is 0 Å². The van der Waals surface area contributed by atoms with Gasteiger partial charge >= 0.3 is 0 Å². The largest absolute Gasteiger partial charge is 0.114 e. The highest BCUT2D eigenvalue weighted by Gasteiger charge is 2.41. The van der Waals surface area contributed by atoms with Crippen molar-refractivity contribution >= 4 is 11.6 Å². The van der Waals surface area contributed by atoms with E-state index >= 15 is 0 Å². The van der Waals surface area contributed by atoms with E-state index in [1.54, 1.807) is 0 Å². The highest BCUT2D eigenvalue weighted by atomic mass is 35.5. The SMILES string of the molecule is ClC1(c2ccccc2)CC1. The molecule has 1 saturated carbocycles. The zero-order valence-electron chi connectivity index (χ0n) is 5.68. The predicted octanol–water partition coefficient (Wildman–Crippen LogP) is 2.91. The molecular weight excluding hydrogens is 144 g/mol. The Labute approximate surface area is 65.8 Å². The van der Waals surface area contributed by atoms with Crippen LogP contribution >= 0.6 is 11.6 Å². The first-order chi connectivity index (χ1) is 4.81. The van der Waals surface area contributed by atoms with Crippen LogP contribution in [0, 0.1) is 0 Å². The third-order valence-electron chi connectivity index (χ3n) is 1.98. The van der Waals surface area contributed by atoms with Gasteiger partial charge in [-0.2, -0.15) is 0 Å². The van der Waals surface area contributed by atoms with Crippen molar-refractivity contribution in [2.75, 3.05) is 0 Å². The average molecular weight is 153 g/mol. The molecule has 0 amide bonds. The van der Waals surface area contributed by atoms with Gasteiger partial charge in [-0.3, -0.25) is 0 Å². The van der Waals surface area contributed by atoms with Crippen molar-refractivity contribution in [3.05, 3.63) is 35.9 Å². The van der Waals surface area contributed by atoms with Gasteiger partial charge in [0.25, 0.3) is 0 Å². The molecular formula is C9H9Cl. The Balaban J connectivity index is 2.35. The lowest BCUT2D eigenvalue weighted by Crippen LogP contribution is -1.93. The van der Waals surface area contributed by atoms with Gasteiger partial charge in [0, 0.05) is 0 Å². The Kier molecular flexibility index (Phi) is 1.24. The fourth-order valence-electron chi connectivity index (χ4n) is 1.14. The lowest BCUT2D eigenvalue weighted by Gasteiger charge is -2.03. The Morgan fingerprint density at radius 2 is 1.70 bits per heavy atom. The first-order valence-electron chi connectivity index (χ1n) is 3.56. The van der Waals surface area contributed by atoms with E-state index in [1.807, 2.05) is 18.2 Å². The maximum Gasteiger partial charge on any atom is 0.0696 e. The van der Waals surface area contributed by atoms with E-state index in [0.29, 0.717) is 0 Å². The van der Waals surface area contributed by atoms with Crippen LogP contribution in [0.3, 0.4) is 0 Å². The Morgan fingerprint density at radius 1 is 1.10 bits per heavy atom. The topological polar surface area (TPSA) is 0 Å². The van der Waals surface area contributed by atoms with Crippen molar-refractivity contribution in [1.82, 2.24) is 0 Å². The fourth-order valence-corrected chi connectivity index (χ4v) is 1.36. The second-order valence-corrected chi connectivity index (χ2v) is 3.55. The second-order valence-electron chi connectivity index (χ2n) is 2.83. The zero-order valence-corrected chi connectivity index (χ0v) is 6.43. The van der Waals surface area contributed by atoms with Gasteiger partial charge in [-0.1, -0.05) is 30.3 Å². The van der Waals surface area contributed by atoms with E-state index in [-0.39, 0.29) is 4.87 Å². The molecule has 0 unspecified atom stereocenters. The Bertz CT molecular complexity index is 224. The standard InChI is InChI=1S/C9H9Cl/c10-9(6-7-9)8-4-2-1-3-5-8/h1-5H,6-7H2. The molecule has 0 bridgehead atoms. The van der Waals surface area contributed by atoms with Crippen LogP contribution in [-0.4, -0.2) is 0 Å². The molecule has 1 fully saturated rings. The van der Waals surface area contributed by atoms with Crippen molar-refractivity contribution in [2.45, 2.75) is 17.7 Å². The molecule has 52 valence electrons. The number of halogens is 1. The second kappa shape index (κ2) is 2.00. The highest BCUT2D eigenvalue weighted by molar-refractivity contribution is 6.25. The maximum absolute atomic E-state index is 6.17. The smallest absolute Gasteiger partial charge is 0.0696 e. The summed E-state index contributed by atoms with van der Waals surface area (Å²) < 4.78 is 0. The van der Waals surface area contributed by atoms with Gasteiger partial charge in [-0.05, 0) is 18.4 Å². The minimum atomic E-state index is 0.0151. The minimum Gasteiger partial charge on any atom is -0.114 e. The number of hydrogen-bond donors (Lipinski definition) is 0. The van der Waals surface area contributed by atoms with Crippen LogP contribution < -0.4 is 0 Å². The van der Waals surface area contributed by atoms with Crippen LogP contribution in [0.4, 0.5) is 0 Å². The van der Waals surface area contributed by atoms with Crippen LogP contribution in [0.15, 0.2) is 30.3 Å². The molecule has 0 radical (unpaired) electrons. The zero-order chi connectivity index (χ0) is 7.03. The molecule has 10 heavy (non-hydrogen) atoms. The molecule has 0 aromatic heterocycles. The highest BCUT2D eigenvalue weighted by Crippen LogP contribution is 2.51. The molecule has 1 aromatic carbocycles. The van der Waals surface area contributed by atoms with E-state index < -0.39 is 0 Å². The average Bonchev–Trinajstić information content (AvgIpc) is 2.72. The first kappa shape index (κ1) is 6.23. The summed E-state index contributed by atoms with van der Waals surface area (Å²) in [5, 5.41) is 0. The van der Waals surface area contributed by atoms with E-state index in [9.17, 15) is 0 Å². The van der Waals surface area contributed by atoms with Crippen molar-refractivity contribution in [2.24, 2.45) is 0 Å². The lowest BCUT2D eigenvalue weighted by molar-refractivity contribution is 1.02. The van der Waals surface area contributed by atoms with Gasteiger partial charge in [-0.15, -0.1) is 11.6 Å². The van der Waals surface area contributed by atoms with E-state index in [4.69, 9.17) is 11.6 Å². The van der Waals surface area contributed by atoms with E-state index in [0.717, 1.165) is 12.8 Å². The normalized spacial score (nSPS) is 20.5. The Morgan fingerprint density at radius 3 is 2.20 bits per heavy atom. The number of hydrogen-bond acceptors (Lipinski definition) is 0. The van der Waals surface area contributed by atoms with E-state index in [1.165, 1.54) is 5.56 Å². The van der Waals surface area contributed by atoms with Gasteiger partial charge in [0.15, 0.2) is 0 Å². The van der Waals surface area contributed by atoms with Gasteiger partial charge in [-0.25, -0.2) is 0 Å². The van der Waals surface area contributed by atoms with Gasteiger partial charge in [0.05, 0.1) is 4.87 Å². The van der Waals surface area contributed by atoms with Crippen LogP contribution in [-0.2, 0) is 4.87 Å². The van der Waals surface area contributed by atoms with Crippen LogP contribution in [0.25, 0.3) is 0 Å². The quantitative estimate of drug-likeness (QED) is 0.543. The summed E-state index contributed by atoms with van der Waals surface area (Å²) in [6, 6.07) is 10.3. The third kappa shape index (κ3) is 0.929. The summed E-state index contributed by atoms with van der Waals surface area (Å²) >= 11 is 6.17. The van der Waals surface area contributed by atoms with Crippen molar-refractivity contribution in [1.29, 1.82) is 0 Å². The van der Waals surface area contributed by atoms with Gasteiger partial charge < -0.3 is 0 Å². The summed E-state index contributed by atoms with van der Waals surface area (Å²) in [6.07, 6.45) is 2.27. The molecule has 0 saturated heterocycles. The van der Waals surface area contributed by atoms with Crippen molar-refractivity contribution in [3.8, 4) is 0 Å². The number of rotatable bonds is 1. The maximum atomic E-state index is 6.17. The van der Waals surface area contributed by atoms with Crippen molar-refractivity contribution in [3.63, 3.8) is 0 Å². The molecule has 0 aliphatic heterocycles. The van der Waals surface area contributed by atoms with Crippen LogP contribution in [0.1, 0.15) is 18.4 Å². The third-order valence-corrected chi connectivity index (χ3v) is 2.58. The summed E-state index contributed by atoms with van der Waals surface area (Å²) in [7, 11) is 0. The first-order valence-corrected chi connectivity index (χ1v) is 3.93. The monoisotopic (exact) mass is 152 g/mol. The summed E-state index contributed by atoms with van der Waals surface area (Å²) in [5.41, 5.74) is 1.27. The summed E-state index contributed by atoms with van der Waals surface area (Å²) in [6.45, 7) is 0. The van der Waals surface area contributed by atoms with Crippen molar-refractivity contribution < 1.29 is 0 Å². The van der Waals surface area contributed by atoms with Gasteiger partial charge in [0.1, 0.15) is 0 Å². The van der Waals surface area contributed by atoms with E-state index in [2.05, 4.69) is 12.1 Å². The molecule has 1 aliphatic carbocycles. The molecule has 2 rings (SSSR count). The summed E-state index contributed by atoms with van der Waals surface area (Å²) in [4.78, 5) is 0.0151. The number of benzene rings is 1. The number of alkyl halides is 1. The molecule has 0 N–H and O–H groups in total. The Hall–Kier alpha value is -0.490. The molecule has 0 nitrogen and oxygen atoms in total. The molecule has 1 aliphatic rings. The minimum absolute atomic E-state index is 0.0151. The predicted molar refractivity (Wildman–Crippen MR) is 43.2 cm³/mol. The molecule has 0 heterocycles. The molecule has 1 aromatic rings. The summed E-state index contributed by atoms with van der Waals surface area (Å²) in [5.74, 6) is 0. The van der Waals surface area contributed by atoms with Crippen LogP contribution in [0.5, 0.6) is 0 Å². The molecule has 0 atom stereocenters. The van der Waals surface area contributed by atoms with Crippen LogP contribution in [0.2, 0.25) is 0 Å². The lowest BCUT2D eigenvalue weighted by atomic mass is 10.1.